The van der Waals surface area contributed by atoms with Crippen LogP contribution in [0.25, 0.3) is 0 Å². The second kappa shape index (κ2) is 13.5. The lowest BCUT2D eigenvalue weighted by Crippen LogP contribution is -2.16. The Labute approximate surface area is 267 Å². The molecule has 0 spiro atoms. The van der Waals surface area contributed by atoms with E-state index in [0.717, 1.165) is 18.2 Å². The van der Waals surface area contributed by atoms with Crippen LogP contribution in [-0.2, 0) is 54.5 Å². The lowest BCUT2D eigenvalue weighted by Gasteiger charge is -2.11. The molecule has 3 rings (SSSR count). The molecule has 3 aromatic rings. The van der Waals surface area contributed by atoms with E-state index >= 15 is 0 Å². The fraction of sp³-hybridized carbons (Fsp3) is 0.0909. The van der Waals surface area contributed by atoms with Gasteiger partial charge in [-0.25, -0.2) is 21.0 Å². The molecule has 0 radical (unpaired) electrons. The Bertz CT molecular complexity index is 2380. The zero-order valence-corrected chi connectivity index (χ0v) is 27.2. The van der Waals surface area contributed by atoms with Gasteiger partial charge in [0.15, 0.2) is 19.7 Å². The van der Waals surface area contributed by atoms with Crippen molar-refractivity contribution in [2.45, 2.75) is 19.6 Å². The van der Waals surface area contributed by atoms with E-state index in [1.165, 1.54) is 18.2 Å². The van der Waals surface area contributed by atoms with Crippen molar-refractivity contribution in [2.75, 3.05) is 23.8 Å². The first kappa shape index (κ1) is 37.2. The topological polar surface area (TPSA) is 342 Å². The molecule has 0 aliphatic heterocycles. The molecule has 47 heavy (non-hydrogen) atoms. The smallest absolute Gasteiger partial charge is 0.396 e. The van der Waals surface area contributed by atoms with Crippen molar-refractivity contribution >= 4 is 84.4 Å². The summed E-state index contributed by atoms with van der Waals surface area (Å²) >= 11 is 0. The highest BCUT2D eigenvalue weighted by Crippen LogP contribution is 2.43. The Morgan fingerprint density at radius 3 is 1.89 bits per heavy atom. The van der Waals surface area contributed by atoms with Crippen molar-refractivity contribution < 1.29 is 59.9 Å². The number of hydrogen-bond acceptors (Lipinski definition) is 17. The van der Waals surface area contributed by atoms with Gasteiger partial charge >= 0.3 is 10.4 Å². The molecule has 0 aromatic heterocycles. The van der Waals surface area contributed by atoms with Crippen molar-refractivity contribution in [1.29, 1.82) is 0 Å². The highest BCUT2D eigenvalue weighted by atomic mass is 32.3. The maximum Gasteiger partial charge on any atom is 0.397 e. The van der Waals surface area contributed by atoms with Gasteiger partial charge in [-0.1, -0.05) is 12.6 Å². The summed E-state index contributed by atoms with van der Waals surface area (Å²) in [5.74, 6) is -1.05. The number of nitrogens with zero attached hydrogens (tertiary/aromatic N) is 4. The van der Waals surface area contributed by atoms with Crippen LogP contribution in [0.3, 0.4) is 0 Å². The van der Waals surface area contributed by atoms with E-state index in [2.05, 4.69) is 31.2 Å². The number of anilines is 2. The van der Waals surface area contributed by atoms with Crippen LogP contribution in [-0.4, -0.2) is 68.1 Å². The molecule has 0 saturated carbocycles. The van der Waals surface area contributed by atoms with Crippen molar-refractivity contribution in [2.24, 2.45) is 20.5 Å². The molecule has 0 aliphatic carbocycles. The molecular weight excluding hydrogens is 733 g/mol. The van der Waals surface area contributed by atoms with Crippen molar-refractivity contribution in [3.63, 3.8) is 0 Å². The van der Waals surface area contributed by atoms with E-state index in [1.807, 2.05) is 0 Å². The second-order valence-corrected chi connectivity index (χ2v) is 16.7. The number of hydrogen-bond donors (Lipinski definition) is 5. The zero-order valence-electron chi connectivity index (χ0n) is 23.1. The highest BCUT2D eigenvalue weighted by Gasteiger charge is 2.25. The van der Waals surface area contributed by atoms with Crippen molar-refractivity contribution in [1.82, 2.24) is 0 Å². The van der Waals surface area contributed by atoms with Crippen LogP contribution >= 0.6 is 0 Å². The average molecular weight is 755 g/mol. The fourth-order valence-corrected chi connectivity index (χ4v) is 7.06. The number of nitrogen functional groups attached to an aromatic ring is 2. The van der Waals surface area contributed by atoms with E-state index in [0.29, 0.717) is 17.5 Å². The summed E-state index contributed by atoms with van der Waals surface area (Å²) in [5, 5.41) is 15.5. The first-order valence-electron chi connectivity index (χ1n) is 11.9. The second-order valence-electron chi connectivity index (χ2n) is 8.83. The molecule has 254 valence electrons. The maximum absolute atomic E-state index is 12.5. The Kier molecular flexibility index (Phi) is 10.7. The van der Waals surface area contributed by atoms with Crippen LogP contribution in [0.4, 0.5) is 34.1 Å². The molecule has 3 aromatic carbocycles. The number of nitrogens with two attached hydrogens (primary N) is 2. The maximum atomic E-state index is 12.5. The third kappa shape index (κ3) is 9.42. The first-order chi connectivity index (χ1) is 21.5. The van der Waals surface area contributed by atoms with Gasteiger partial charge in [-0.05, 0) is 42.5 Å². The van der Waals surface area contributed by atoms with Gasteiger partial charge in [0, 0.05) is 5.41 Å². The summed E-state index contributed by atoms with van der Waals surface area (Å²) in [5.41, 5.74) is 8.61. The van der Waals surface area contributed by atoms with Crippen LogP contribution in [0, 0.1) is 0 Å². The molecule has 25 heteroatoms. The summed E-state index contributed by atoms with van der Waals surface area (Å²) in [7, 11) is -23.7. The summed E-state index contributed by atoms with van der Waals surface area (Å²) in [6.45, 7) is 2.16. The largest absolute Gasteiger partial charge is 0.397 e. The summed E-state index contributed by atoms with van der Waals surface area (Å²) in [6, 6.07) is 7.56. The van der Waals surface area contributed by atoms with Crippen LogP contribution in [0.5, 0.6) is 0 Å². The zero-order chi connectivity index (χ0) is 35.6. The molecular formula is C22H22N6O14S5. The minimum Gasteiger partial charge on any atom is -0.396 e. The van der Waals surface area contributed by atoms with E-state index in [4.69, 9.17) is 16.0 Å². The van der Waals surface area contributed by atoms with Crippen molar-refractivity contribution in [3.05, 3.63) is 60.5 Å². The molecule has 0 unspecified atom stereocenters. The van der Waals surface area contributed by atoms with Gasteiger partial charge in [0.05, 0.1) is 39.2 Å². The van der Waals surface area contributed by atoms with Gasteiger partial charge < -0.3 is 11.5 Å². The molecule has 0 bridgehead atoms. The Hall–Kier alpha value is -4.21. The summed E-state index contributed by atoms with van der Waals surface area (Å²) < 4.78 is 151. The number of sulfone groups is 2. The molecule has 7 N–H and O–H groups in total. The quantitative estimate of drug-likeness (QED) is 0.0951. The van der Waals surface area contributed by atoms with Gasteiger partial charge in [0.25, 0.3) is 20.2 Å². The Balaban J connectivity index is 2.13. The molecule has 0 atom stereocenters. The number of azo groups is 2. The van der Waals surface area contributed by atoms with Gasteiger partial charge in [-0.2, -0.15) is 30.4 Å². The Morgan fingerprint density at radius 1 is 0.702 bits per heavy atom. The van der Waals surface area contributed by atoms with Gasteiger partial charge in [-0.3, -0.25) is 13.7 Å². The normalized spacial score (nSPS) is 13.3. The fourth-order valence-electron chi connectivity index (χ4n) is 3.45. The van der Waals surface area contributed by atoms with Crippen LogP contribution in [0.15, 0.2) is 101 Å². The minimum atomic E-state index is -5.23. The summed E-state index contributed by atoms with van der Waals surface area (Å²) in [4.78, 5) is -3.10. The SMILES string of the molecule is C=CS(=O)(=O)c1cccc(N=Nc2c(N)c(N=Nc3ccc(S(=O)(=O)CCOS(=O)(=O)O)cc3S(=O)(=O)O)cc(S(=O)(=O)O)c2N)c1. The van der Waals surface area contributed by atoms with Gasteiger partial charge in [0.2, 0.25) is 0 Å². The average Bonchev–Trinajstić information content (AvgIpc) is 2.94. The third-order valence-corrected chi connectivity index (χ3v) is 10.9. The molecule has 20 nitrogen and oxygen atoms in total. The molecule has 0 heterocycles. The number of benzene rings is 3. The monoisotopic (exact) mass is 754 g/mol. The highest BCUT2D eigenvalue weighted by molar-refractivity contribution is 7.94. The van der Waals surface area contributed by atoms with E-state index in [-0.39, 0.29) is 10.6 Å². The van der Waals surface area contributed by atoms with Gasteiger partial charge in [-0.15, -0.1) is 15.3 Å². The van der Waals surface area contributed by atoms with Crippen LogP contribution in [0.1, 0.15) is 0 Å². The van der Waals surface area contributed by atoms with E-state index < -0.39 is 106 Å². The third-order valence-electron chi connectivity index (χ3n) is 5.65. The lowest BCUT2D eigenvalue weighted by atomic mass is 10.2. The van der Waals surface area contributed by atoms with Crippen molar-refractivity contribution in [3.8, 4) is 0 Å². The van der Waals surface area contributed by atoms with E-state index in [9.17, 15) is 51.2 Å². The molecule has 0 fully saturated rings. The minimum absolute atomic E-state index is 0.0791. The lowest BCUT2D eigenvalue weighted by molar-refractivity contribution is 0.284. The summed E-state index contributed by atoms with van der Waals surface area (Å²) in [6.07, 6.45) is 0. The molecule has 0 aliphatic rings. The van der Waals surface area contributed by atoms with E-state index in [1.54, 1.807) is 0 Å². The molecule has 0 amide bonds. The number of rotatable bonds is 13. The predicted molar refractivity (Wildman–Crippen MR) is 163 cm³/mol. The Morgan fingerprint density at radius 2 is 1.32 bits per heavy atom. The standard InChI is InChI=1S/C22H22N6O14S5/c1-2-43(29,30)14-5-3-4-13(10-14)25-28-22-20(23)17(12-19(21(22)24)46(36,37)38)27-26-16-7-6-15(11-18(16)45(33,34)35)44(31,32)9-8-42-47(39,40)41/h2-7,10-12H,1,8-9,23-24H2,(H,33,34,35)(H,36,37,38)(H,39,40,41). The van der Waals surface area contributed by atoms with Crippen LogP contribution < -0.4 is 11.5 Å². The first-order valence-corrected chi connectivity index (χ1v) is 19.4. The predicted octanol–water partition coefficient (Wildman–Crippen LogP) is 2.69. The van der Waals surface area contributed by atoms with Gasteiger partial charge in [0.1, 0.15) is 26.9 Å². The molecule has 0 saturated heterocycles. The van der Waals surface area contributed by atoms with Crippen LogP contribution in [0.2, 0.25) is 0 Å².